The number of anilines is 2. The van der Waals surface area contributed by atoms with Gasteiger partial charge in [0.25, 0.3) is 0 Å². The van der Waals surface area contributed by atoms with Crippen LogP contribution in [0.5, 0.6) is 0 Å². The first-order chi connectivity index (χ1) is 8.75. The molecule has 18 heavy (non-hydrogen) atoms. The summed E-state index contributed by atoms with van der Waals surface area (Å²) in [5.41, 5.74) is 9.03. The molecule has 1 aromatic rings. The van der Waals surface area contributed by atoms with Crippen molar-refractivity contribution in [2.75, 3.05) is 37.2 Å². The zero-order chi connectivity index (χ0) is 12.8. The Hall–Kier alpha value is -1.22. The van der Waals surface area contributed by atoms with Gasteiger partial charge in [-0.3, -0.25) is 0 Å². The molecule has 0 saturated carbocycles. The molecule has 1 fully saturated rings. The number of hydrogen-bond acceptors (Lipinski definition) is 3. The summed E-state index contributed by atoms with van der Waals surface area (Å²) in [5, 5.41) is 3.51. The number of hydrogen-bond donors (Lipinski definition) is 2. The van der Waals surface area contributed by atoms with Crippen LogP contribution in [0.2, 0.25) is 0 Å². The quantitative estimate of drug-likeness (QED) is 0.804. The summed E-state index contributed by atoms with van der Waals surface area (Å²) in [4.78, 5) is 2.58. The molecule has 0 aromatic heterocycles. The highest BCUT2D eigenvalue weighted by atomic mass is 15.1. The van der Waals surface area contributed by atoms with Gasteiger partial charge in [-0.2, -0.15) is 0 Å². The molecule has 3 nitrogen and oxygen atoms in total. The molecule has 0 aliphatic carbocycles. The van der Waals surface area contributed by atoms with E-state index in [1.54, 1.807) is 0 Å². The van der Waals surface area contributed by atoms with E-state index in [0.717, 1.165) is 18.8 Å². The SMILES string of the molecule is Cc1cc(N)ccc1NCCN1CCCCCC1. The zero-order valence-electron chi connectivity index (χ0n) is 11.4. The smallest absolute Gasteiger partial charge is 0.0371 e. The Kier molecular flexibility index (Phi) is 4.88. The number of nitrogens with two attached hydrogens (primary N) is 1. The normalized spacial score (nSPS) is 17.4. The highest BCUT2D eigenvalue weighted by Gasteiger charge is 2.08. The van der Waals surface area contributed by atoms with Crippen molar-refractivity contribution in [2.24, 2.45) is 0 Å². The molecule has 0 amide bonds. The van der Waals surface area contributed by atoms with Gasteiger partial charge in [0, 0.05) is 24.5 Å². The van der Waals surface area contributed by atoms with Crippen molar-refractivity contribution in [1.82, 2.24) is 4.90 Å². The topological polar surface area (TPSA) is 41.3 Å². The van der Waals surface area contributed by atoms with Gasteiger partial charge in [-0.15, -0.1) is 0 Å². The van der Waals surface area contributed by atoms with Crippen molar-refractivity contribution in [3.63, 3.8) is 0 Å². The number of likely N-dealkylation sites (tertiary alicyclic amines) is 1. The van der Waals surface area contributed by atoms with E-state index in [1.165, 1.54) is 50.0 Å². The molecular formula is C15H25N3. The van der Waals surface area contributed by atoms with E-state index in [-0.39, 0.29) is 0 Å². The van der Waals surface area contributed by atoms with Crippen molar-refractivity contribution in [2.45, 2.75) is 32.6 Å². The third kappa shape index (κ3) is 3.91. The van der Waals surface area contributed by atoms with E-state index in [4.69, 9.17) is 5.73 Å². The lowest BCUT2D eigenvalue weighted by Gasteiger charge is -2.20. The Balaban J connectivity index is 1.77. The standard InChI is InChI=1S/C15H25N3/c1-13-12-14(16)6-7-15(13)17-8-11-18-9-4-2-3-5-10-18/h6-7,12,17H,2-5,8-11,16H2,1H3. The van der Waals surface area contributed by atoms with Gasteiger partial charge in [0.1, 0.15) is 0 Å². The Morgan fingerprint density at radius 3 is 2.56 bits per heavy atom. The summed E-state index contributed by atoms with van der Waals surface area (Å²) in [6, 6.07) is 6.06. The predicted molar refractivity (Wildman–Crippen MR) is 79.0 cm³/mol. The summed E-state index contributed by atoms with van der Waals surface area (Å²) in [5.74, 6) is 0. The van der Waals surface area contributed by atoms with Gasteiger partial charge < -0.3 is 16.0 Å². The molecule has 1 saturated heterocycles. The van der Waals surface area contributed by atoms with Crippen LogP contribution >= 0.6 is 0 Å². The van der Waals surface area contributed by atoms with Crippen LogP contribution in [-0.2, 0) is 0 Å². The third-order valence-corrected chi connectivity index (χ3v) is 3.69. The van der Waals surface area contributed by atoms with Crippen LogP contribution in [0.15, 0.2) is 18.2 Å². The second kappa shape index (κ2) is 6.64. The Bertz CT molecular complexity index is 368. The van der Waals surface area contributed by atoms with Crippen molar-refractivity contribution >= 4 is 11.4 Å². The molecule has 100 valence electrons. The molecule has 1 aliphatic rings. The molecule has 1 heterocycles. The third-order valence-electron chi connectivity index (χ3n) is 3.69. The Morgan fingerprint density at radius 2 is 1.89 bits per heavy atom. The van der Waals surface area contributed by atoms with Crippen LogP contribution < -0.4 is 11.1 Å². The minimum atomic E-state index is 0.838. The average Bonchev–Trinajstić information content (AvgIpc) is 2.60. The van der Waals surface area contributed by atoms with E-state index < -0.39 is 0 Å². The van der Waals surface area contributed by atoms with Gasteiger partial charge >= 0.3 is 0 Å². The number of nitrogens with zero attached hydrogens (tertiary/aromatic N) is 1. The summed E-state index contributed by atoms with van der Waals surface area (Å²) in [6.45, 7) is 6.80. The summed E-state index contributed by atoms with van der Waals surface area (Å²) in [6.07, 6.45) is 5.53. The summed E-state index contributed by atoms with van der Waals surface area (Å²) >= 11 is 0. The molecule has 2 rings (SSSR count). The molecule has 0 unspecified atom stereocenters. The van der Waals surface area contributed by atoms with E-state index in [1.807, 2.05) is 12.1 Å². The van der Waals surface area contributed by atoms with Crippen LogP contribution in [0, 0.1) is 6.92 Å². The molecule has 3 N–H and O–H groups in total. The van der Waals surface area contributed by atoms with Crippen LogP contribution in [0.4, 0.5) is 11.4 Å². The molecule has 1 aliphatic heterocycles. The highest BCUT2D eigenvalue weighted by molar-refractivity contribution is 5.57. The van der Waals surface area contributed by atoms with Crippen LogP contribution in [0.3, 0.4) is 0 Å². The lowest BCUT2D eigenvalue weighted by Crippen LogP contribution is -2.30. The van der Waals surface area contributed by atoms with Gasteiger partial charge in [0.15, 0.2) is 0 Å². The maximum atomic E-state index is 5.75. The van der Waals surface area contributed by atoms with Gasteiger partial charge in [-0.25, -0.2) is 0 Å². The second-order valence-corrected chi connectivity index (χ2v) is 5.26. The van der Waals surface area contributed by atoms with E-state index in [0.29, 0.717) is 0 Å². The van der Waals surface area contributed by atoms with Gasteiger partial charge in [-0.05, 0) is 56.6 Å². The first-order valence-corrected chi connectivity index (χ1v) is 7.08. The van der Waals surface area contributed by atoms with Gasteiger partial charge in [-0.1, -0.05) is 12.8 Å². The fourth-order valence-electron chi connectivity index (χ4n) is 2.59. The minimum absolute atomic E-state index is 0.838. The van der Waals surface area contributed by atoms with Gasteiger partial charge in [0.2, 0.25) is 0 Å². The molecule has 0 atom stereocenters. The molecule has 0 bridgehead atoms. The maximum absolute atomic E-state index is 5.75. The Morgan fingerprint density at radius 1 is 1.17 bits per heavy atom. The van der Waals surface area contributed by atoms with E-state index in [2.05, 4.69) is 23.2 Å². The first kappa shape index (κ1) is 13.2. The van der Waals surface area contributed by atoms with Gasteiger partial charge in [0.05, 0.1) is 0 Å². The van der Waals surface area contributed by atoms with Crippen LogP contribution in [0.25, 0.3) is 0 Å². The van der Waals surface area contributed by atoms with Crippen LogP contribution in [0.1, 0.15) is 31.2 Å². The number of benzene rings is 1. The van der Waals surface area contributed by atoms with Crippen molar-refractivity contribution in [3.8, 4) is 0 Å². The van der Waals surface area contributed by atoms with E-state index in [9.17, 15) is 0 Å². The minimum Gasteiger partial charge on any atom is -0.399 e. The van der Waals surface area contributed by atoms with E-state index >= 15 is 0 Å². The molecule has 0 radical (unpaired) electrons. The molecule has 0 spiro atoms. The predicted octanol–water partition coefficient (Wildman–Crippen LogP) is 2.87. The largest absolute Gasteiger partial charge is 0.399 e. The number of rotatable bonds is 4. The number of nitrogens with one attached hydrogen (secondary N) is 1. The first-order valence-electron chi connectivity index (χ1n) is 7.08. The van der Waals surface area contributed by atoms with Crippen LogP contribution in [-0.4, -0.2) is 31.1 Å². The lowest BCUT2D eigenvalue weighted by molar-refractivity contribution is 0.296. The fraction of sp³-hybridized carbons (Fsp3) is 0.600. The molecular weight excluding hydrogens is 222 g/mol. The number of aryl methyl sites for hydroxylation is 1. The Labute approximate surface area is 110 Å². The zero-order valence-corrected chi connectivity index (χ0v) is 11.4. The maximum Gasteiger partial charge on any atom is 0.0371 e. The second-order valence-electron chi connectivity index (χ2n) is 5.26. The monoisotopic (exact) mass is 247 g/mol. The highest BCUT2D eigenvalue weighted by Crippen LogP contribution is 2.17. The van der Waals surface area contributed by atoms with Crippen molar-refractivity contribution in [1.29, 1.82) is 0 Å². The molecule has 3 heteroatoms. The fourth-order valence-corrected chi connectivity index (χ4v) is 2.59. The number of nitrogen functional groups attached to an aromatic ring is 1. The summed E-state index contributed by atoms with van der Waals surface area (Å²) in [7, 11) is 0. The van der Waals surface area contributed by atoms with Crippen molar-refractivity contribution in [3.05, 3.63) is 23.8 Å². The van der Waals surface area contributed by atoms with Crippen molar-refractivity contribution < 1.29 is 0 Å². The lowest BCUT2D eigenvalue weighted by atomic mass is 10.2. The summed E-state index contributed by atoms with van der Waals surface area (Å²) < 4.78 is 0. The molecule has 1 aromatic carbocycles. The average molecular weight is 247 g/mol.